The number of fused-ring (bicyclic) bond motifs is 2. The highest BCUT2D eigenvalue weighted by molar-refractivity contribution is 6.02. The maximum Gasteiger partial charge on any atom is 0.247 e. The molecule has 3 aromatic carbocycles. The Morgan fingerprint density at radius 1 is 1.00 bits per heavy atom. The molecule has 2 bridgehead atoms. The van der Waals surface area contributed by atoms with Crippen molar-refractivity contribution < 1.29 is 24.2 Å². The molecular formula is C32H32N6O5. The number of carbonyl (C=O) groups excluding carboxylic acids is 3. The second-order valence-corrected chi connectivity index (χ2v) is 11.5. The lowest BCUT2D eigenvalue weighted by molar-refractivity contribution is -0.145. The van der Waals surface area contributed by atoms with E-state index in [0.717, 1.165) is 11.1 Å². The Bertz CT molecular complexity index is 1660. The minimum atomic E-state index is -1.20. The van der Waals surface area contributed by atoms with Crippen molar-refractivity contribution in [2.24, 2.45) is 11.8 Å². The van der Waals surface area contributed by atoms with E-state index in [1.807, 2.05) is 72.8 Å². The van der Waals surface area contributed by atoms with E-state index in [2.05, 4.69) is 20.9 Å². The number of benzene rings is 3. The van der Waals surface area contributed by atoms with Crippen molar-refractivity contribution in [3.8, 4) is 0 Å². The van der Waals surface area contributed by atoms with Crippen LogP contribution in [0.25, 0.3) is 11.0 Å². The van der Waals surface area contributed by atoms with E-state index in [1.165, 1.54) is 4.90 Å². The molecule has 1 aromatic heterocycles. The third kappa shape index (κ3) is 4.56. The van der Waals surface area contributed by atoms with Crippen molar-refractivity contribution in [2.75, 3.05) is 11.9 Å². The molecule has 11 heteroatoms. The summed E-state index contributed by atoms with van der Waals surface area (Å²) in [7, 11) is 0. The van der Waals surface area contributed by atoms with Crippen LogP contribution in [0.15, 0.2) is 84.9 Å². The van der Waals surface area contributed by atoms with Crippen molar-refractivity contribution in [1.82, 2.24) is 25.2 Å². The molecule has 4 heterocycles. The van der Waals surface area contributed by atoms with Crippen LogP contribution in [0, 0.1) is 11.8 Å². The van der Waals surface area contributed by atoms with Crippen LogP contribution in [0.3, 0.4) is 0 Å². The molecule has 1 spiro atoms. The molecule has 3 amide bonds. The number of para-hydroxylation sites is 2. The molecule has 3 N–H and O–H groups in total. The molecule has 0 aliphatic carbocycles. The van der Waals surface area contributed by atoms with E-state index >= 15 is 0 Å². The molecule has 7 rings (SSSR count). The number of hydrogen-bond acceptors (Lipinski definition) is 7. The SMILES string of the molecule is O=C(NCn1nnc2ccccc21)C1N([C@@H](CO)Cc2ccccc2)C(=O)[C@@H]2[C@@H](C(=O)Nc3ccccc3)[C@H]3CCC12O3. The lowest BCUT2D eigenvalue weighted by atomic mass is 9.70. The Labute approximate surface area is 247 Å². The molecular weight excluding hydrogens is 548 g/mol. The number of likely N-dealkylation sites (tertiary alicyclic amines) is 1. The number of aliphatic hydroxyl groups excluding tert-OH is 1. The van der Waals surface area contributed by atoms with Gasteiger partial charge in [-0.3, -0.25) is 14.4 Å². The minimum absolute atomic E-state index is 0.0302. The molecule has 0 radical (unpaired) electrons. The number of aliphatic hydroxyl groups is 1. The topological polar surface area (TPSA) is 139 Å². The van der Waals surface area contributed by atoms with Gasteiger partial charge in [0, 0.05) is 5.69 Å². The van der Waals surface area contributed by atoms with Gasteiger partial charge in [-0.1, -0.05) is 65.9 Å². The molecule has 6 atom stereocenters. The molecule has 3 aliphatic heterocycles. The van der Waals surface area contributed by atoms with Crippen molar-refractivity contribution in [3.05, 3.63) is 90.5 Å². The van der Waals surface area contributed by atoms with E-state index < -0.39 is 41.5 Å². The predicted molar refractivity (Wildman–Crippen MR) is 156 cm³/mol. The zero-order valence-electron chi connectivity index (χ0n) is 23.4. The summed E-state index contributed by atoms with van der Waals surface area (Å²) < 4.78 is 8.12. The molecule has 4 aromatic rings. The van der Waals surface area contributed by atoms with Crippen molar-refractivity contribution in [2.45, 2.75) is 49.7 Å². The van der Waals surface area contributed by atoms with Gasteiger partial charge in [0.1, 0.15) is 23.8 Å². The summed E-state index contributed by atoms with van der Waals surface area (Å²) in [6.45, 7) is -0.326. The first-order chi connectivity index (χ1) is 21.0. The number of hydrogen-bond donors (Lipinski definition) is 3. The molecule has 2 unspecified atom stereocenters. The van der Waals surface area contributed by atoms with Gasteiger partial charge >= 0.3 is 0 Å². The number of amides is 3. The van der Waals surface area contributed by atoms with Crippen molar-refractivity contribution >= 4 is 34.4 Å². The number of aromatic nitrogens is 3. The Morgan fingerprint density at radius 2 is 1.72 bits per heavy atom. The third-order valence-corrected chi connectivity index (χ3v) is 9.07. The predicted octanol–water partition coefficient (Wildman–Crippen LogP) is 2.12. The van der Waals surface area contributed by atoms with E-state index in [-0.39, 0.29) is 25.1 Å². The Hall–Kier alpha value is -4.61. The van der Waals surface area contributed by atoms with Gasteiger partial charge < -0.3 is 25.4 Å². The van der Waals surface area contributed by atoms with Crippen LogP contribution in [-0.4, -0.2) is 73.1 Å². The van der Waals surface area contributed by atoms with Crippen LogP contribution in [0.1, 0.15) is 18.4 Å². The smallest absolute Gasteiger partial charge is 0.247 e. The van der Waals surface area contributed by atoms with Gasteiger partial charge in [0.05, 0.1) is 36.1 Å². The molecule has 43 heavy (non-hydrogen) atoms. The molecule has 3 aliphatic rings. The number of ether oxygens (including phenoxy) is 1. The zero-order chi connectivity index (χ0) is 29.6. The van der Waals surface area contributed by atoms with Crippen molar-refractivity contribution in [3.63, 3.8) is 0 Å². The van der Waals surface area contributed by atoms with Gasteiger partial charge in [-0.25, -0.2) is 4.68 Å². The number of anilines is 1. The van der Waals surface area contributed by atoms with Gasteiger partial charge in [0.15, 0.2) is 0 Å². The fraction of sp³-hybridized carbons (Fsp3) is 0.344. The fourth-order valence-corrected chi connectivity index (χ4v) is 7.25. The lowest BCUT2D eigenvalue weighted by Crippen LogP contribution is -2.58. The normalized spacial score (nSPS) is 26.4. The summed E-state index contributed by atoms with van der Waals surface area (Å²) in [6.07, 6.45) is 0.849. The maximum absolute atomic E-state index is 14.4. The molecule has 3 saturated heterocycles. The fourth-order valence-electron chi connectivity index (χ4n) is 7.25. The summed E-state index contributed by atoms with van der Waals surface area (Å²) in [4.78, 5) is 43.7. The second-order valence-electron chi connectivity index (χ2n) is 11.5. The largest absolute Gasteiger partial charge is 0.394 e. The van der Waals surface area contributed by atoms with Crippen LogP contribution in [0.5, 0.6) is 0 Å². The van der Waals surface area contributed by atoms with E-state index in [0.29, 0.717) is 30.5 Å². The quantitative estimate of drug-likeness (QED) is 0.276. The van der Waals surface area contributed by atoms with E-state index in [4.69, 9.17) is 4.74 Å². The van der Waals surface area contributed by atoms with Gasteiger partial charge in [-0.05, 0) is 49.1 Å². The monoisotopic (exact) mass is 580 g/mol. The standard InChI is InChI=1S/C32H32N6O5/c39-18-22(17-20-9-3-1-4-10-20)38-28(30(41)33-19-37-24-14-8-7-13-23(24)35-36-37)32-16-15-25(43-32)26(27(32)31(38)42)29(40)34-21-11-5-2-6-12-21/h1-14,22,25-28,39H,15-19H2,(H,33,41)(H,34,40)/t22-,25-,26+,27+,28?,32?/m1/s1. The molecule has 3 fully saturated rings. The van der Waals surface area contributed by atoms with E-state index in [1.54, 1.807) is 16.8 Å². The molecule has 220 valence electrons. The number of carbonyl (C=O) groups is 3. The second kappa shape index (κ2) is 10.9. The van der Waals surface area contributed by atoms with E-state index in [9.17, 15) is 19.5 Å². The first kappa shape index (κ1) is 27.2. The Morgan fingerprint density at radius 3 is 2.49 bits per heavy atom. The zero-order valence-corrected chi connectivity index (χ0v) is 23.4. The van der Waals surface area contributed by atoms with Crippen LogP contribution in [-0.2, 0) is 32.2 Å². The van der Waals surface area contributed by atoms with Crippen LogP contribution in [0.4, 0.5) is 5.69 Å². The first-order valence-electron chi connectivity index (χ1n) is 14.6. The number of nitrogens with zero attached hydrogens (tertiary/aromatic N) is 4. The summed E-state index contributed by atoms with van der Waals surface area (Å²) in [5.41, 5.74) is 1.80. The molecule has 0 saturated carbocycles. The van der Waals surface area contributed by atoms with Gasteiger partial charge in [0.25, 0.3) is 0 Å². The highest BCUT2D eigenvalue weighted by atomic mass is 16.5. The van der Waals surface area contributed by atoms with Gasteiger partial charge in [0.2, 0.25) is 17.7 Å². The van der Waals surface area contributed by atoms with Crippen LogP contribution >= 0.6 is 0 Å². The van der Waals surface area contributed by atoms with Gasteiger partial charge in [-0.15, -0.1) is 5.10 Å². The summed E-state index contributed by atoms with van der Waals surface area (Å²) >= 11 is 0. The summed E-state index contributed by atoms with van der Waals surface area (Å²) in [5.74, 6) is -2.71. The van der Waals surface area contributed by atoms with Crippen molar-refractivity contribution in [1.29, 1.82) is 0 Å². The Kier molecular flexibility index (Phi) is 6.91. The van der Waals surface area contributed by atoms with Gasteiger partial charge in [-0.2, -0.15) is 0 Å². The minimum Gasteiger partial charge on any atom is -0.394 e. The highest BCUT2D eigenvalue weighted by Crippen LogP contribution is 2.59. The third-order valence-electron chi connectivity index (χ3n) is 9.07. The summed E-state index contributed by atoms with van der Waals surface area (Å²) in [5, 5.41) is 24.8. The Balaban J connectivity index is 1.22. The van der Waals surface area contributed by atoms with Crippen LogP contribution in [0.2, 0.25) is 0 Å². The highest BCUT2D eigenvalue weighted by Gasteiger charge is 2.75. The average Bonchev–Trinajstić information content (AvgIpc) is 3.79. The maximum atomic E-state index is 14.4. The number of rotatable bonds is 9. The average molecular weight is 581 g/mol. The number of nitrogens with one attached hydrogen (secondary N) is 2. The molecule has 11 nitrogen and oxygen atoms in total. The van der Waals surface area contributed by atoms with Crippen LogP contribution < -0.4 is 10.6 Å². The summed E-state index contributed by atoms with van der Waals surface area (Å²) in [6, 6.07) is 24.3. The lowest BCUT2D eigenvalue weighted by Gasteiger charge is -2.36. The first-order valence-corrected chi connectivity index (χ1v) is 14.6.